The second-order valence-electron chi connectivity index (χ2n) is 6.49. The molecule has 2 aromatic carbocycles. The Hall–Kier alpha value is -1.95. The average Bonchev–Trinajstić information content (AvgIpc) is 2.52. The molecule has 1 saturated heterocycles. The highest BCUT2D eigenvalue weighted by atomic mass is 79.9. The molecule has 0 bridgehead atoms. The lowest BCUT2D eigenvalue weighted by Gasteiger charge is -2.35. The van der Waals surface area contributed by atoms with E-state index < -0.39 is 11.6 Å². The number of nitrogens with zero attached hydrogens (tertiary/aromatic N) is 1. The molecule has 1 fully saturated rings. The van der Waals surface area contributed by atoms with Gasteiger partial charge in [-0.2, -0.15) is 0 Å². The molecule has 1 atom stereocenters. The summed E-state index contributed by atoms with van der Waals surface area (Å²) < 4.78 is 28.0. The summed E-state index contributed by atoms with van der Waals surface area (Å²) in [6.07, 6.45) is 0.442. The summed E-state index contributed by atoms with van der Waals surface area (Å²) in [5, 5.41) is 2.88. The molecule has 1 heterocycles. The van der Waals surface area contributed by atoms with Gasteiger partial charge in [0.25, 0.3) is 0 Å². The van der Waals surface area contributed by atoms with Crippen LogP contribution >= 0.6 is 15.9 Å². The molecule has 6 heteroatoms. The maximum absolute atomic E-state index is 13.9. The van der Waals surface area contributed by atoms with Crippen LogP contribution in [0.2, 0.25) is 0 Å². The van der Waals surface area contributed by atoms with Crippen molar-refractivity contribution in [2.75, 3.05) is 18.0 Å². The number of carbonyl (C=O) groups excluding carboxylic acids is 1. The first kappa shape index (κ1) is 17.9. The summed E-state index contributed by atoms with van der Waals surface area (Å²) in [6, 6.07) is 7.43. The minimum absolute atomic E-state index is 0.0418. The smallest absolute Gasteiger partial charge is 0.321 e. The van der Waals surface area contributed by atoms with Gasteiger partial charge in [0.2, 0.25) is 0 Å². The standard InChI is InChI=1S/C19H19BrF2N2O/c1-11-5-15(20)6-12(2)18(11)24-10-13(9-23-19(24)25)7-14-3-4-16(21)8-17(14)22/h3-6,8,13H,7,9-10H2,1-2H3,(H,23,25). The van der Waals surface area contributed by atoms with Gasteiger partial charge in [-0.05, 0) is 61.1 Å². The predicted octanol–water partition coefficient (Wildman–Crippen LogP) is 4.73. The van der Waals surface area contributed by atoms with E-state index in [1.54, 1.807) is 4.90 Å². The molecule has 1 aliphatic rings. The SMILES string of the molecule is Cc1cc(Br)cc(C)c1N1CC(Cc2ccc(F)cc2F)CNC1=O. The molecule has 0 spiro atoms. The maximum Gasteiger partial charge on any atom is 0.321 e. The van der Waals surface area contributed by atoms with Crippen molar-refractivity contribution in [3.05, 3.63) is 63.1 Å². The summed E-state index contributed by atoms with van der Waals surface area (Å²) in [7, 11) is 0. The number of carbonyl (C=O) groups is 1. The third-order valence-electron chi connectivity index (χ3n) is 4.48. The Bertz CT molecular complexity index is 802. The van der Waals surface area contributed by atoms with Gasteiger partial charge in [0, 0.05) is 23.6 Å². The van der Waals surface area contributed by atoms with E-state index in [1.807, 2.05) is 26.0 Å². The summed E-state index contributed by atoms with van der Waals surface area (Å²) in [5.41, 5.74) is 3.34. The predicted molar refractivity (Wildman–Crippen MR) is 97.9 cm³/mol. The summed E-state index contributed by atoms with van der Waals surface area (Å²) in [4.78, 5) is 14.1. The highest BCUT2D eigenvalue weighted by molar-refractivity contribution is 9.10. The Morgan fingerprint density at radius 2 is 1.88 bits per heavy atom. The van der Waals surface area contributed by atoms with Crippen LogP contribution in [0.3, 0.4) is 0 Å². The zero-order valence-electron chi connectivity index (χ0n) is 14.1. The fourth-order valence-electron chi connectivity index (χ4n) is 3.39. The van der Waals surface area contributed by atoms with Gasteiger partial charge < -0.3 is 5.32 Å². The van der Waals surface area contributed by atoms with Crippen LogP contribution in [0.5, 0.6) is 0 Å². The molecular formula is C19H19BrF2N2O. The van der Waals surface area contributed by atoms with E-state index in [0.717, 1.165) is 27.4 Å². The minimum atomic E-state index is -0.582. The Kier molecular flexibility index (Phi) is 5.08. The van der Waals surface area contributed by atoms with Gasteiger partial charge in [0.1, 0.15) is 11.6 Å². The lowest BCUT2D eigenvalue weighted by Crippen LogP contribution is -2.52. The van der Waals surface area contributed by atoms with E-state index in [-0.39, 0.29) is 11.9 Å². The van der Waals surface area contributed by atoms with Crippen LogP contribution < -0.4 is 10.2 Å². The van der Waals surface area contributed by atoms with Crippen molar-refractivity contribution >= 4 is 27.6 Å². The molecule has 1 unspecified atom stereocenters. The topological polar surface area (TPSA) is 32.3 Å². The Morgan fingerprint density at radius 3 is 2.52 bits per heavy atom. The quantitative estimate of drug-likeness (QED) is 0.781. The zero-order valence-corrected chi connectivity index (χ0v) is 15.7. The van der Waals surface area contributed by atoms with Crippen molar-refractivity contribution in [2.24, 2.45) is 5.92 Å². The Balaban J connectivity index is 1.84. The van der Waals surface area contributed by atoms with E-state index in [2.05, 4.69) is 21.2 Å². The largest absolute Gasteiger partial charge is 0.337 e. The van der Waals surface area contributed by atoms with Crippen molar-refractivity contribution in [3.8, 4) is 0 Å². The molecule has 3 nitrogen and oxygen atoms in total. The fourth-order valence-corrected chi connectivity index (χ4v) is 4.08. The average molecular weight is 409 g/mol. The molecule has 2 aromatic rings. The molecule has 132 valence electrons. The maximum atomic E-state index is 13.9. The third-order valence-corrected chi connectivity index (χ3v) is 4.94. The number of hydrogen-bond donors (Lipinski definition) is 1. The lowest BCUT2D eigenvalue weighted by molar-refractivity contribution is 0.236. The number of aryl methyl sites for hydroxylation is 2. The molecule has 1 aliphatic heterocycles. The van der Waals surface area contributed by atoms with E-state index in [4.69, 9.17) is 0 Å². The van der Waals surface area contributed by atoms with Crippen LogP contribution in [0, 0.1) is 31.4 Å². The highest BCUT2D eigenvalue weighted by Gasteiger charge is 2.29. The number of urea groups is 1. The lowest BCUT2D eigenvalue weighted by atomic mass is 9.96. The number of anilines is 1. The van der Waals surface area contributed by atoms with E-state index >= 15 is 0 Å². The molecule has 25 heavy (non-hydrogen) atoms. The van der Waals surface area contributed by atoms with Gasteiger partial charge in [-0.3, -0.25) is 4.90 Å². The van der Waals surface area contributed by atoms with E-state index in [9.17, 15) is 13.6 Å². The molecule has 0 aliphatic carbocycles. The van der Waals surface area contributed by atoms with E-state index in [0.29, 0.717) is 25.1 Å². The zero-order chi connectivity index (χ0) is 18.1. The number of rotatable bonds is 3. The van der Waals surface area contributed by atoms with E-state index in [1.165, 1.54) is 12.1 Å². The van der Waals surface area contributed by atoms with Crippen molar-refractivity contribution in [1.29, 1.82) is 0 Å². The number of hydrogen-bond acceptors (Lipinski definition) is 1. The summed E-state index contributed by atoms with van der Waals surface area (Å²) in [6.45, 7) is 4.89. The van der Waals surface area contributed by atoms with Crippen molar-refractivity contribution < 1.29 is 13.6 Å². The van der Waals surface area contributed by atoms with Gasteiger partial charge >= 0.3 is 6.03 Å². The molecule has 1 N–H and O–H groups in total. The second-order valence-corrected chi connectivity index (χ2v) is 7.41. The fraction of sp³-hybridized carbons (Fsp3) is 0.316. The van der Waals surface area contributed by atoms with Crippen molar-refractivity contribution in [2.45, 2.75) is 20.3 Å². The summed E-state index contributed by atoms with van der Waals surface area (Å²) >= 11 is 3.46. The highest BCUT2D eigenvalue weighted by Crippen LogP contribution is 2.31. The minimum Gasteiger partial charge on any atom is -0.337 e. The normalized spacial score (nSPS) is 17.6. The van der Waals surface area contributed by atoms with Gasteiger partial charge in [-0.25, -0.2) is 13.6 Å². The molecule has 0 radical (unpaired) electrons. The van der Waals surface area contributed by atoms with Gasteiger partial charge in [-0.15, -0.1) is 0 Å². The van der Waals surface area contributed by atoms with Crippen molar-refractivity contribution in [1.82, 2.24) is 5.32 Å². The van der Waals surface area contributed by atoms with Crippen LogP contribution in [-0.2, 0) is 6.42 Å². The molecule has 0 saturated carbocycles. The number of benzene rings is 2. The second kappa shape index (κ2) is 7.12. The van der Waals surface area contributed by atoms with Gasteiger partial charge in [0.05, 0.1) is 5.69 Å². The first-order chi connectivity index (χ1) is 11.8. The molecule has 2 amide bonds. The number of halogens is 3. The Morgan fingerprint density at radius 1 is 1.20 bits per heavy atom. The van der Waals surface area contributed by atoms with Crippen molar-refractivity contribution in [3.63, 3.8) is 0 Å². The monoisotopic (exact) mass is 408 g/mol. The molecule has 3 rings (SSSR count). The molecule has 0 aromatic heterocycles. The van der Waals surface area contributed by atoms with Gasteiger partial charge in [-0.1, -0.05) is 22.0 Å². The summed E-state index contributed by atoms with van der Waals surface area (Å²) in [5.74, 6) is -1.08. The first-order valence-corrected chi connectivity index (χ1v) is 8.90. The van der Waals surface area contributed by atoms with Crippen LogP contribution in [0.4, 0.5) is 19.3 Å². The van der Waals surface area contributed by atoms with Crippen LogP contribution in [0.1, 0.15) is 16.7 Å². The number of nitrogens with one attached hydrogen (secondary N) is 1. The number of amides is 2. The third kappa shape index (κ3) is 3.84. The first-order valence-electron chi connectivity index (χ1n) is 8.11. The van der Waals surface area contributed by atoms with Gasteiger partial charge in [0.15, 0.2) is 0 Å². The van der Waals surface area contributed by atoms with Crippen LogP contribution in [0.25, 0.3) is 0 Å². The Labute approximate surface area is 154 Å². The van der Waals surface area contributed by atoms with Crippen LogP contribution in [0.15, 0.2) is 34.8 Å². The van der Waals surface area contributed by atoms with Crippen LogP contribution in [-0.4, -0.2) is 19.1 Å². The molecular weight excluding hydrogens is 390 g/mol.